The Morgan fingerprint density at radius 3 is 2.09 bits per heavy atom. The number of morpholine rings is 1. The van der Waals surface area contributed by atoms with E-state index in [-0.39, 0.29) is 79.9 Å². The van der Waals surface area contributed by atoms with E-state index in [1.54, 1.807) is 23.9 Å². The Labute approximate surface area is 472 Å². The molecule has 5 atom stereocenters. The van der Waals surface area contributed by atoms with Crippen molar-refractivity contribution in [3.63, 3.8) is 0 Å². The Kier molecular flexibility index (Phi) is 24.1. The molecule has 3 amide bonds. The summed E-state index contributed by atoms with van der Waals surface area (Å²) in [6.45, 7) is 17.0. The van der Waals surface area contributed by atoms with Crippen LogP contribution in [0.15, 0.2) is 85.1 Å². The summed E-state index contributed by atoms with van der Waals surface area (Å²) in [6, 6.07) is 22.8. The van der Waals surface area contributed by atoms with Crippen molar-refractivity contribution >= 4 is 41.0 Å². The minimum absolute atomic E-state index is 0.00422. The van der Waals surface area contributed by atoms with Crippen molar-refractivity contribution in [2.24, 2.45) is 23.7 Å². The lowest BCUT2D eigenvalue weighted by Gasteiger charge is -2.41. The largest absolute Gasteiger partial charge is 0.483 e. The molecule has 80 heavy (non-hydrogen) atoms. The molecule has 0 saturated carbocycles. The van der Waals surface area contributed by atoms with Gasteiger partial charge in [0, 0.05) is 56.7 Å². The van der Waals surface area contributed by atoms with Crippen molar-refractivity contribution in [1.82, 2.24) is 30.9 Å². The molecule has 18 nitrogen and oxygen atoms in total. The maximum atomic E-state index is 14.8. The topological polar surface area (TPSA) is 227 Å². The number of aromatic nitrogens is 3. The average molecular weight is 1110 g/mol. The molecule has 6 rings (SSSR count). The van der Waals surface area contributed by atoms with E-state index in [2.05, 4.69) is 26.3 Å². The lowest BCUT2D eigenvalue weighted by molar-refractivity contribution is -0.940. The number of carbonyl (C=O) groups excluding carboxylic acids is 7. The van der Waals surface area contributed by atoms with E-state index in [4.69, 9.17) is 18.9 Å². The number of Topliss-reactive ketones (excluding diaryl/α,β-unsaturated/α-hetero) is 3. The molecular formula is C62H86N7O11+. The zero-order chi connectivity index (χ0) is 57.7. The smallest absolute Gasteiger partial charge is 0.308 e. The van der Waals surface area contributed by atoms with Crippen molar-refractivity contribution in [3.05, 3.63) is 107 Å². The van der Waals surface area contributed by atoms with Gasteiger partial charge in [-0.25, -0.2) is 0 Å². The van der Waals surface area contributed by atoms with Crippen LogP contribution in [0.25, 0.3) is 0 Å². The first-order valence-corrected chi connectivity index (χ1v) is 28.8. The van der Waals surface area contributed by atoms with Crippen molar-refractivity contribution < 1.29 is 57.0 Å². The fourth-order valence-electron chi connectivity index (χ4n) is 10.3. The summed E-state index contributed by atoms with van der Waals surface area (Å²) in [5.74, 6) is -2.86. The summed E-state index contributed by atoms with van der Waals surface area (Å²) in [4.78, 5) is 96.3. The van der Waals surface area contributed by atoms with Gasteiger partial charge in [0.15, 0.2) is 28.8 Å². The van der Waals surface area contributed by atoms with E-state index < -0.39 is 47.3 Å². The highest BCUT2D eigenvalue weighted by molar-refractivity contribution is 5.98. The fraction of sp³-hybridized carbons (Fsp3) is 0.565. The first-order valence-electron chi connectivity index (χ1n) is 28.8. The molecule has 0 spiro atoms. The van der Waals surface area contributed by atoms with E-state index in [0.717, 1.165) is 29.5 Å². The molecule has 0 radical (unpaired) electrons. The van der Waals surface area contributed by atoms with E-state index >= 15 is 0 Å². The standard InChI is InChI=1S/C62H85N7O11/c1-8-26-63-58(73)21-15-16-27-68-38-51(66-67-68)41-78-57-35-48(23-25-56(57)80-45(6)70)39-69(28-30-77-31-29-69)40-52(71)36-49(24-22-46-17-11-9-12-18-46)60(75)64-53(32-43(2)3)55(72)37-50(34-47-19-13-10-14-20-47)61(76)65-54(33-44(4)5)59(74)62(7)42-79-62/h9-14,17-20,23,25,35,38,43-44,49-50,53-54H,8,15-16,21-22,24,26-34,36-37,39-42H2,1-7H3,(H2-,63,64,65,73,75,76)/p+1/t49-,50-,53+,54+,62-/m1/s1. The molecule has 2 fully saturated rings. The second kappa shape index (κ2) is 30.8. The minimum Gasteiger partial charge on any atom is -0.483 e. The molecule has 18 heteroatoms. The van der Waals surface area contributed by atoms with Crippen LogP contribution < -0.4 is 25.4 Å². The normalized spacial score (nSPS) is 17.2. The number of unbranched alkanes of at least 4 members (excludes halogenated alkanes) is 1. The maximum Gasteiger partial charge on any atom is 0.308 e. The lowest BCUT2D eigenvalue weighted by atomic mass is 9.87. The second-order valence-electron chi connectivity index (χ2n) is 22.9. The fourth-order valence-corrected chi connectivity index (χ4v) is 10.3. The molecule has 3 aromatic carbocycles. The second-order valence-corrected chi connectivity index (χ2v) is 22.9. The molecule has 0 aliphatic carbocycles. The Bertz CT molecular complexity index is 2670. The van der Waals surface area contributed by atoms with Crippen LogP contribution in [0.1, 0.15) is 129 Å². The Morgan fingerprint density at radius 1 is 0.787 bits per heavy atom. The number of ketones is 3. The van der Waals surface area contributed by atoms with Gasteiger partial charge in [-0.15, -0.1) is 5.10 Å². The minimum atomic E-state index is -0.948. The molecule has 434 valence electrons. The lowest BCUT2D eigenvalue weighted by Crippen LogP contribution is -2.57. The number of epoxide rings is 1. The molecule has 3 heterocycles. The average Bonchev–Trinajstić information content (AvgIpc) is 4.02. The number of quaternary nitrogens is 1. The molecule has 2 saturated heterocycles. The summed E-state index contributed by atoms with van der Waals surface area (Å²) in [5.41, 5.74) is 2.31. The van der Waals surface area contributed by atoms with Gasteiger partial charge < -0.3 is 39.4 Å². The van der Waals surface area contributed by atoms with Crippen molar-refractivity contribution in [2.75, 3.05) is 46.0 Å². The summed E-state index contributed by atoms with van der Waals surface area (Å²) in [6.07, 6.45) is 6.19. The summed E-state index contributed by atoms with van der Waals surface area (Å²) >= 11 is 0. The number of benzene rings is 3. The molecule has 0 bridgehead atoms. The maximum absolute atomic E-state index is 14.8. The number of nitrogens with zero attached hydrogens (tertiary/aromatic N) is 4. The van der Waals surface area contributed by atoms with Gasteiger partial charge in [-0.05, 0) is 99.5 Å². The van der Waals surface area contributed by atoms with Crippen LogP contribution in [0.4, 0.5) is 0 Å². The van der Waals surface area contributed by atoms with Gasteiger partial charge in [-0.3, -0.25) is 38.2 Å². The SMILES string of the molecule is CCCNC(=O)CCCCn1cc(COc2cc(C[N+]3(CC(=O)C[C@@H](CCc4ccccc4)C(=O)N[C@@H](CC(C)C)C(=O)C[C@@H](Cc4ccccc4)C(=O)N[C@@H](CC(C)C)C(=O)[C@@]4(C)CO4)CCOCC3)ccc2OC(C)=O)nn1. The number of ether oxygens (including phenoxy) is 4. The van der Waals surface area contributed by atoms with Crippen LogP contribution in [-0.2, 0) is 75.6 Å². The van der Waals surface area contributed by atoms with E-state index in [9.17, 15) is 33.6 Å². The monoisotopic (exact) mass is 1100 g/mol. The highest BCUT2D eigenvalue weighted by atomic mass is 16.6. The van der Waals surface area contributed by atoms with Gasteiger partial charge in [-0.2, -0.15) is 0 Å². The van der Waals surface area contributed by atoms with Crippen LogP contribution in [0.5, 0.6) is 11.5 Å². The quantitative estimate of drug-likeness (QED) is 0.0136. The van der Waals surface area contributed by atoms with Crippen LogP contribution in [0.3, 0.4) is 0 Å². The van der Waals surface area contributed by atoms with Crippen molar-refractivity contribution in [2.45, 2.75) is 156 Å². The first kappa shape index (κ1) is 62.6. The number of amides is 3. The van der Waals surface area contributed by atoms with Crippen LogP contribution in [0, 0.1) is 23.7 Å². The van der Waals surface area contributed by atoms with Gasteiger partial charge in [0.25, 0.3) is 0 Å². The van der Waals surface area contributed by atoms with Gasteiger partial charge in [0.2, 0.25) is 17.7 Å². The predicted molar refractivity (Wildman–Crippen MR) is 302 cm³/mol. The highest BCUT2D eigenvalue weighted by Crippen LogP contribution is 2.33. The number of rotatable bonds is 35. The first-order chi connectivity index (χ1) is 38.3. The van der Waals surface area contributed by atoms with Gasteiger partial charge in [-0.1, -0.05) is 100 Å². The number of hydrogen-bond acceptors (Lipinski definition) is 13. The third-order valence-electron chi connectivity index (χ3n) is 14.7. The Balaban J connectivity index is 1.17. The highest BCUT2D eigenvalue weighted by Gasteiger charge is 2.50. The molecule has 4 aromatic rings. The molecule has 0 unspecified atom stereocenters. The summed E-state index contributed by atoms with van der Waals surface area (Å²) < 4.78 is 25.2. The third kappa shape index (κ3) is 20.5. The van der Waals surface area contributed by atoms with Crippen LogP contribution in [-0.4, -0.2) is 124 Å². The predicted octanol–water partition coefficient (Wildman–Crippen LogP) is 7.27. The molecule has 1 aromatic heterocycles. The van der Waals surface area contributed by atoms with Crippen LogP contribution >= 0.6 is 0 Å². The number of nitrogens with one attached hydrogen (secondary N) is 3. The zero-order valence-corrected chi connectivity index (χ0v) is 48.2. The molecule has 3 N–H and O–H groups in total. The van der Waals surface area contributed by atoms with E-state index in [1.807, 2.05) is 107 Å². The number of hydrogen-bond donors (Lipinski definition) is 3. The third-order valence-corrected chi connectivity index (χ3v) is 14.7. The summed E-state index contributed by atoms with van der Waals surface area (Å²) in [5, 5.41) is 17.5. The molecular weight excluding hydrogens is 1020 g/mol. The summed E-state index contributed by atoms with van der Waals surface area (Å²) in [7, 11) is 0. The number of aryl methyl sites for hydroxylation is 2. The van der Waals surface area contributed by atoms with Gasteiger partial charge in [0.1, 0.15) is 44.1 Å². The van der Waals surface area contributed by atoms with E-state index in [1.165, 1.54) is 6.92 Å². The van der Waals surface area contributed by atoms with Gasteiger partial charge in [0.05, 0.1) is 38.1 Å². The van der Waals surface area contributed by atoms with Crippen molar-refractivity contribution in [3.8, 4) is 11.5 Å². The Morgan fingerprint density at radius 2 is 1.44 bits per heavy atom. The molecule has 2 aliphatic heterocycles. The Hall–Kier alpha value is -6.63. The zero-order valence-electron chi connectivity index (χ0n) is 48.2. The van der Waals surface area contributed by atoms with E-state index in [0.29, 0.717) is 100 Å². The number of esters is 1. The molecule has 2 aliphatic rings. The van der Waals surface area contributed by atoms with Gasteiger partial charge >= 0.3 is 5.97 Å². The van der Waals surface area contributed by atoms with Crippen LogP contribution in [0.2, 0.25) is 0 Å². The van der Waals surface area contributed by atoms with Crippen molar-refractivity contribution in [1.29, 1.82) is 0 Å². The number of carbonyl (C=O) groups is 7.